The van der Waals surface area contributed by atoms with Crippen LogP contribution in [0.25, 0.3) is 22.3 Å². The zero-order valence-electron chi connectivity index (χ0n) is 17.4. The maximum Gasteiger partial charge on any atom is 0.425 e. The molecule has 170 valence electrons. The number of aryl methyl sites for hydroxylation is 2. The first-order valence-electron chi connectivity index (χ1n) is 9.93. The van der Waals surface area contributed by atoms with Crippen LogP contribution < -0.4 is 4.72 Å². The highest BCUT2D eigenvalue weighted by atomic mass is 32.2. The van der Waals surface area contributed by atoms with Gasteiger partial charge in [0.25, 0.3) is 0 Å². The van der Waals surface area contributed by atoms with E-state index >= 15 is 0 Å². The van der Waals surface area contributed by atoms with Crippen molar-refractivity contribution >= 4 is 10.0 Å². The van der Waals surface area contributed by atoms with Crippen molar-refractivity contribution in [2.75, 3.05) is 12.8 Å². The van der Waals surface area contributed by atoms with E-state index in [-0.39, 0.29) is 17.7 Å². The number of rotatable bonds is 6. The van der Waals surface area contributed by atoms with Crippen molar-refractivity contribution < 1.29 is 26.7 Å². The Balaban J connectivity index is 1.76. The normalized spacial score (nSPS) is 17.9. The van der Waals surface area contributed by atoms with Crippen LogP contribution in [0.4, 0.5) is 13.2 Å². The molecular formula is C22H22F3N3O3S. The second-order valence-electron chi connectivity index (χ2n) is 8.00. The predicted molar refractivity (Wildman–Crippen MR) is 114 cm³/mol. The van der Waals surface area contributed by atoms with Crippen LogP contribution in [0.2, 0.25) is 0 Å². The van der Waals surface area contributed by atoms with Crippen LogP contribution in [0.5, 0.6) is 0 Å². The zero-order chi connectivity index (χ0) is 23.3. The van der Waals surface area contributed by atoms with Crippen LogP contribution >= 0.6 is 0 Å². The molecule has 1 aliphatic carbocycles. The number of fused-ring (bicyclic) bond motifs is 3. The molecule has 2 N–H and O–H groups in total. The van der Waals surface area contributed by atoms with E-state index in [9.17, 15) is 26.7 Å². The SMILES string of the molecule is Cc1cc(-c2cnn(CCCNS(C)(=O)=O)c2)c2c(c1)[C@@](O)(C(F)(F)F)c1ccccc1-2. The molecule has 0 aliphatic heterocycles. The van der Waals surface area contributed by atoms with Crippen molar-refractivity contribution in [1.82, 2.24) is 14.5 Å². The van der Waals surface area contributed by atoms with E-state index in [1.165, 1.54) is 18.2 Å². The van der Waals surface area contributed by atoms with Crippen LogP contribution in [0.3, 0.4) is 0 Å². The summed E-state index contributed by atoms with van der Waals surface area (Å²) in [5.41, 5.74) is -1.05. The van der Waals surface area contributed by atoms with E-state index in [0.29, 0.717) is 40.8 Å². The molecule has 6 nitrogen and oxygen atoms in total. The molecule has 1 aromatic heterocycles. The van der Waals surface area contributed by atoms with E-state index in [1.807, 2.05) is 0 Å². The van der Waals surface area contributed by atoms with Crippen molar-refractivity contribution in [3.8, 4) is 22.3 Å². The summed E-state index contributed by atoms with van der Waals surface area (Å²) in [6.07, 6.45) is -0.0417. The third-order valence-corrected chi connectivity index (χ3v) is 6.27. The van der Waals surface area contributed by atoms with Gasteiger partial charge in [-0.3, -0.25) is 4.68 Å². The van der Waals surface area contributed by atoms with E-state index < -0.39 is 21.8 Å². The molecule has 0 saturated heterocycles. The predicted octanol–water partition coefficient (Wildman–Crippen LogP) is 3.58. The lowest BCUT2D eigenvalue weighted by Gasteiger charge is -2.28. The average Bonchev–Trinajstić information content (AvgIpc) is 3.26. The Morgan fingerprint density at radius 2 is 1.88 bits per heavy atom. The summed E-state index contributed by atoms with van der Waals surface area (Å²) in [6, 6.07) is 9.18. The lowest BCUT2D eigenvalue weighted by atomic mass is 9.88. The van der Waals surface area contributed by atoms with Crippen molar-refractivity contribution in [3.63, 3.8) is 0 Å². The topological polar surface area (TPSA) is 84.2 Å². The zero-order valence-corrected chi connectivity index (χ0v) is 18.3. The number of benzene rings is 2. The first kappa shape index (κ1) is 22.5. The highest BCUT2D eigenvalue weighted by molar-refractivity contribution is 7.88. The fourth-order valence-electron chi connectivity index (χ4n) is 4.18. The highest BCUT2D eigenvalue weighted by Crippen LogP contribution is 2.57. The Morgan fingerprint density at radius 1 is 1.16 bits per heavy atom. The van der Waals surface area contributed by atoms with Crippen molar-refractivity contribution in [3.05, 3.63) is 65.5 Å². The molecule has 0 spiro atoms. The molecule has 0 unspecified atom stereocenters. The summed E-state index contributed by atoms with van der Waals surface area (Å²) in [5, 5.41) is 15.2. The minimum absolute atomic E-state index is 0.186. The van der Waals surface area contributed by atoms with E-state index in [4.69, 9.17) is 0 Å². The fraction of sp³-hybridized carbons (Fsp3) is 0.318. The van der Waals surface area contributed by atoms with Crippen molar-refractivity contribution in [2.24, 2.45) is 0 Å². The van der Waals surface area contributed by atoms with Gasteiger partial charge < -0.3 is 5.11 Å². The molecular weight excluding hydrogens is 443 g/mol. The number of nitrogens with zero attached hydrogens (tertiary/aromatic N) is 2. The summed E-state index contributed by atoms with van der Waals surface area (Å²) in [5.74, 6) is 0. The maximum atomic E-state index is 14.1. The van der Waals surface area contributed by atoms with Crippen LogP contribution in [-0.4, -0.2) is 42.3 Å². The number of hydrogen-bond acceptors (Lipinski definition) is 4. The van der Waals surface area contributed by atoms with Crippen LogP contribution in [0, 0.1) is 6.92 Å². The lowest BCUT2D eigenvalue weighted by Crippen LogP contribution is -2.41. The van der Waals surface area contributed by atoms with Gasteiger partial charge in [0.2, 0.25) is 15.6 Å². The number of hydrogen-bond donors (Lipinski definition) is 2. The molecule has 3 aromatic rings. The van der Waals surface area contributed by atoms with Gasteiger partial charge in [0.15, 0.2) is 0 Å². The minimum Gasteiger partial charge on any atom is -0.372 e. The van der Waals surface area contributed by atoms with Gasteiger partial charge >= 0.3 is 6.18 Å². The first-order chi connectivity index (χ1) is 14.9. The van der Waals surface area contributed by atoms with E-state index in [1.54, 1.807) is 42.2 Å². The van der Waals surface area contributed by atoms with Crippen LogP contribution in [-0.2, 0) is 22.2 Å². The van der Waals surface area contributed by atoms with Gasteiger partial charge in [-0.1, -0.05) is 42.0 Å². The molecule has 2 aromatic carbocycles. The standard InChI is InChI=1S/C22H22F3N3O3S/c1-14-10-17(15-12-26-28(13-15)9-5-8-27-32(2,30)31)20-16-6-3-4-7-18(16)21(29,19(20)11-14)22(23,24)25/h3-4,6-7,10-13,27,29H,5,8-9H2,1-2H3/t21-/m1/s1. The van der Waals surface area contributed by atoms with Gasteiger partial charge in [0, 0.05) is 36.0 Å². The number of halogens is 3. The molecule has 4 rings (SSSR count). The van der Waals surface area contributed by atoms with Gasteiger partial charge in [-0.05, 0) is 30.0 Å². The third-order valence-electron chi connectivity index (χ3n) is 5.54. The quantitative estimate of drug-likeness (QED) is 0.545. The third kappa shape index (κ3) is 3.82. The van der Waals surface area contributed by atoms with E-state index in [2.05, 4.69) is 9.82 Å². The fourth-order valence-corrected chi connectivity index (χ4v) is 4.70. The van der Waals surface area contributed by atoms with Crippen molar-refractivity contribution in [2.45, 2.75) is 31.7 Å². The molecule has 1 aliphatic rings. The van der Waals surface area contributed by atoms with Gasteiger partial charge in [-0.15, -0.1) is 0 Å². The smallest absolute Gasteiger partial charge is 0.372 e. The summed E-state index contributed by atoms with van der Waals surface area (Å²) in [7, 11) is -3.27. The molecule has 0 amide bonds. The monoisotopic (exact) mass is 465 g/mol. The number of aliphatic hydroxyl groups is 1. The summed E-state index contributed by atoms with van der Waals surface area (Å²) in [4.78, 5) is 0. The summed E-state index contributed by atoms with van der Waals surface area (Å²) < 4.78 is 68.7. The van der Waals surface area contributed by atoms with Gasteiger partial charge in [-0.2, -0.15) is 18.3 Å². The second kappa shape index (κ2) is 7.72. The maximum absolute atomic E-state index is 14.1. The van der Waals surface area contributed by atoms with Gasteiger partial charge in [0.05, 0.1) is 12.5 Å². The molecule has 32 heavy (non-hydrogen) atoms. The van der Waals surface area contributed by atoms with Gasteiger partial charge in [-0.25, -0.2) is 13.1 Å². The molecule has 0 bridgehead atoms. The van der Waals surface area contributed by atoms with Crippen molar-refractivity contribution in [1.29, 1.82) is 0 Å². The van der Waals surface area contributed by atoms with E-state index in [0.717, 1.165) is 6.26 Å². The molecule has 0 saturated carbocycles. The molecule has 1 heterocycles. The largest absolute Gasteiger partial charge is 0.425 e. The molecule has 1 atom stereocenters. The molecule has 0 radical (unpaired) electrons. The Hall–Kier alpha value is -2.69. The Bertz CT molecular complexity index is 1290. The number of sulfonamides is 1. The van der Waals surface area contributed by atoms with Gasteiger partial charge in [0.1, 0.15) is 0 Å². The Labute approximate surface area is 183 Å². The highest BCUT2D eigenvalue weighted by Gasteiger charge is 2.61. The van der Waals surface area contributed by atoms with Crippen LogP contribution in [0.15, 0.2) is 48.8 Å². The van der Waals surface area contributed by atoms with Crippen LogP contribution in [0.1, 0.15) is 23.1 Å². The number of aromatic nitrogens is 2. The lowest BCUT2D eigenvalue weighted by molar-refractivity contribution is -0.246. The Kier molecular flexibility index (Phi) is 5.43. The number of alkyl halides is 3. The molecule has 10 heteroatoms. The Morgan fingerprint density at radius 3 is 2.56 bits per heavy atom. The number of nitrogens with one attached hydrogen (secondary N) is 1. The summed E-state index contributed by atoms with van der Waals surface area (Å²) in [6.45, 7) is 2.37. The first-order valence-corrected chi connectivity index (χ1v) is 11.8. The molecule has 0 fully saturated rings. The minimum atomic E-state index is -4.89. The summed E-state index contributed by atoms with van der Waals surface area (Å²) >= 11 is 0. The average molecular weight is 465 g/mol. The second-order valence-corrected chi connectivity index (χ2v) is 9.83.